The predicted octanol–water partition coefficient (Wildman–Crippen LogP) is 3.69. The molecule has 1 aliphatic heterocycles. The van der Waals surface area contributed by atoms with Crippen LogP contribution in [0.25, 0.3) is 11.0 Å². The molecule has 1 aromatic carbocycles. The molecule has 2 unspecified atom stereocenters. The molecule has 0 spiro atoms. The molecular formula is C15H13Cl2N3O3. The number of fused-ring (bicyclic) bond motifs is 1. The van der Waals surface area contributed by atoms with Crippen molar-refractivity contribution in [1.82, 2.24) is 15.2 Å². The molecule has 0 radical (unpaired) electrons. The highest BCUT2D eigenvalue weighted by atomic mass is 35.5. The highest BCUT2D eigenvalue weighted by Gasteiger charge is 2.46. The van der Waals surface area contributed by atoms with Crippen molar-refractivity contribution >= 4 is 34.2 Å². The maximum Gasteiger partial charge on any atom is 0.236 e. The van der Waals surface area contributed by atoms with E-state index in [2.05, 4.69) is 15.2 Å². The Hall–Kier alpha value is -1.60. The summed E-state index contributed by atoms with van der Waals surface area (Å²) in [5.74, 6) is 0.0192. The third-order valence-electron chi connectivity index (χ3n) is 3.71. The standard InChI is InChI=1S/C15H13Cl2N3O3/c1-8-6-21-15(23-8,5-13-18-7-19-20-13)12-3-9-2-10(16)4-11(17)14(9)22-12/h2-4,7-8H,5-6H2,1H3,(H,18,19,20). The van der Waals surface area contributed by atoms with Gasteiger partial charge in [-0.3, -0.25) is 5.10 Å². The first-order valence-corrected chi connectivity index (χ1v) is 7.87. The number of aromatic nitrogens is 3. The van der Waals surface area contributed by atoms with Gasteiger partial charge in [0.1, 0.15) is 6.33 Å². The van der Waals surface area contributed by atoms with E-state index in [1.165, 1.54) is 6.33 Å². The number of nitrogens with zero attached hydrogens (tertiary/aromatic N) is 2. The first-order chi connectivity index (χ1) is 11.1. The van der Waals surface area contributed by atoms with Crippen molar-refractivity contribution < 1.29 is 13.9 Å². The molecular weight excluding hydrogens is 341 g/mol. The molecule has 0 amide bonds. The number of benzene rings is 1. The monoisotopic (exact) mass is 353 g/mol. The molecule has 23 heavy (non-hydrogen) atoms. The first kappa shape index (κ1) is 15.0. The van der Waals surface area contributed by atoms with Crippen molar-refractivity contribution in [3.8, 4) is 0 Å². The normalized spacial score (nSPS) is 24.6. The lowest BCUT2D eigenvalue weighted by atomic mass is 10.1. The highest BCUT2D eigenvalue weighted by molar-refractivity contribution is 6.38. The fourth-order valence-corrected chi connectivity index (χ4v) is 3.29. The highest BCUT2D eigenvalue weighted by Crippen LogP contribution is 2.41. The van der Waals surface area contributed by atoms with E-state index in [9.17, 15) is 0 Å². The van der Waals surface area contributed by atoms with Gasteiger partial charge < -0.3 is 13.9 Å². The van der Waals surface area contributed by atoms with Gasteiger partial charge in [0.15, 0.2) is 17.2 Å². The summed E-state index contributed by atoms with van der Waals surface area (Å²) in [7, 11) is 0. The van der Waals surface area contributed by atoms with Gasteiger partial charge in [0.2, 0.25) is 5.79 Å². The van der Waals surface area contributed by atoms with Crippen LogP contribution < -0.4 is 0 Å². The summed E-state index contributed by atoms with van der Waals surface area (Å²) in [5, 5.41) is 8.54. The van der Waals surface area contributed by atoms with Crippen molar-refractivity contribution in [2.24, 2.45) is 0 Å². The summed E-state index contributed by atoms with van der Waals surface area (Å²) in [6.07, 6.45) is 1.77. The Kier molecular flexibility index (Phi) is 3.57. The Morgan fingerprint density at radius 2 is 2.22 bits per heavy atom. The lowest BCUT2D eigenvalue weighted by Crippen LogP contribution is -2.30. The van der Waals surface area contributed by atoms with Gasteiger partial charge >= 0.3 is 0 Å². The van der Waals surface area contributed by atoms with E-state index >= 15 is 0 Å². The van der Waals surface area contributed by atoms with Gasteiger partial charge in [-0.25, -0.2) is 4.98 Å². The number of rotatable bonds is 3. The van der Waals surface area contributed by atoms with E-state index < -0.39 is 5.79 Å². The maximum atomic E-state index is 6.21. The molecule has 1 aliphatic rings. The molecule has 2 atom stereocenters. The molecule has 3 heterocycles. The third kappa shape index (κ3) is 2.61. The minimum Gasteiger partial charge on any atom is -0.454 e. The fourth-order valence-electron chi connectivity index (χ4n) is 2.75. The zero-order valence-corrected chi connectivity index (χ0v) is 13.7. The van der Waals surface area contributed by atoms with Crippen LogP contribution in [0.3, 0.4) is 0 Å². The van der Waals surface area contributed by atoms with Crippen LogP contribution in [0, 0.1) is 0 Å². The van der Waals surface area contributed by atoms with E-state index in [1.54, 1.807) is 12.1 Å². The lowest BCUT2D eigenvalue weighted by molar-refractivity contribution is -0.186. The Bertz CT molecular complexity index is 849. The topological polar surface area (TPSA) is 73.2 Å². The Morgan fingerprint density at radius 1 is 1.35 bits per heavy atom. The van der Waals surface area contributed by atoms with Gasteiger partial charge in [0, 0.05) is 10.4 Å². The minimum atomic E-state index is -1.07. The average Bonchev–Trinajstić information content (AvgIpc) is 3.19. The number of ether oxygens (including phenoxy) is 2. The van der Waals surface area contributed by atoms with Crippen molar-refractivity contribution in [1.29, 1.82) is 0 Å². The summed E-state index contributed by atoms with van der Waals surface area (Å²) < 4.78 is 17.9. The number of H-pyrrole nitrogens is 1. The number of aromatic amines is 1. The van der Waals surface area contributed by atoms with Gasteiger partial charge in [-0.1, -0.05) is 23.2 Å². The van der Waals surface area contributed by atoms with Crippen LogP contribution in [0.5, 0.6) is 0 Å². The van der Waals surface area contributed by atoms with Gasteiger partial charge in [0.25, 0.3) is 0 Å². The summed E-state index contributed by atoms with van der Waals surface area (Å²) >= 11 is 12.3. The predicted molar refractivity (Wildman–Crippen MR) is 84.5 cm³/mol. The summed E-state index contributed by atoms with van der Waals surface area (Å²) in [4.78, 5) is 4.15. The average molecular weight is 354 g/mol. The smallest absolute Gasteiger partial charge is 0.236 e. The van der Waals surface area contributed by atoms with Crippen LogP contribution in [0.2, 0.25) is 10.0 Å². The summed E-state index contributed by atoms with van der Waals surface area (Å²) in [5.41, 5.74) is 0.548. The first-order valence-electron chi connectivity index (χ1n) is 7.11. The van der Waals surface area contributed by atoms with E-state index in [-0.39, 0.29) is 6.10 Å². The van der Waals surface area contributed by atoms with Gasteiger partial charge in [-0.2, -0.15) is 5.10 Å². The second kappa shape index (κ2) is 5.49. The molecule has 0 aliphatic carbocycles. The Morgan fingerprint density at radius 3 is 2.91 bits per heavy atom. The Balaban J connectivity index is 1.82. The molecule has 120 valence electrons. The van der Waals surface area contributed by atoms with Crippen molar-refractivity contribution in [3.63, 3.8) is 0 Å². The molecule has 1 saturated heterocycles. The largest absolute Gasteiger partial charge is 0.454 e. The molecule has 1 N–H and O–H groups in total. The van der Waals surface area contributed by atoms with Crippen molar-refractivity contribution in [2.45, 2.75) is 25.2 Å². The van der Waals surface area contributed by atoms with Crippen LogP contribution >= 0.6 is 23.2 Å². The minimum absolute atomic E-state index is 0.0683. The van der Waals surface area contributed by atoms with E-state index in [0.717, 1.165) is 5.39 Å². The lowest BCUT2D eigenvalue weighted by Gasteiger charge is -2.24. The van der Waals surface area contributed by atoms with Crippen molar-refractivity contribution in [2.75, 3.05) is 6.61 Å². The molecule has 8 heteroatoms. The zero-order chi connectivity index (χ0) is 16.0. The van der Waals surface area contributed by atoms with E-state index in [1.807, 2.05) is 13.0 Å². The Labute approximate surface area is 141 Å². The summed E-state index contributed by atoms with van der Waals surface area (Å²) in [6, 6.07) is 5.26. The number of hydrogen-bond donors (Lipinski definition) is 1. The van der Waals surface area contributed by atoms with Gasteiger partial charge in [-0.15, -0.1) is 0 Å². The SMILES string of the molecule is CC1COC(Cc2nc[nH]n2)(c2cc3cc(Cl)cc(Cl)c3o2)O1. The third-order valence-corrected chi connectivity index (χ3v) is 4.21. The number of nitrogens with one attached hydrogen (secondary N) is 1. The van der Waals surface area contributed by atoms with Crippen LogP contribution in [-0.2, 0) is 21.7 Å². The van der Waals surface area contributed by atoms with Crippen LogP contribution in [0.4, 0.5) is 0 Å². The molecule has 1 fully saturated rings. The second-order valence-corrected chi connectivity index (χ2v) is 6.34. The van der Waals surface area contributed by atoms with Gasteiger partial charge in [-0.05, 0) is 25.1 Å². The van der Waals surface area contributed by atoms with Crippen molar-refractivity contribution in [3.05, 3.63) is 46.2 Å². The van der Waals surface area contributed by atoms with E-state index in [0.29, 0.717) is 40.2 Å². The van der Waals surface area contributed by atoms with E-state index in [4.69, 9.17) is 37.1 Å². The molecule has 0 saturated carbocycles. The summed E-state index contributed by atoms with van der Waals surface area (Å²) in [6.45, 7) is 2.39. The van der Waals surface area contributed by atoms with Crippen LogP contribution in [0.1, 0.15) is 18.5 Å². The fraction of sp³-hybridized carbons (Fsp3) is 0.333. The molecule has 0 bridgehead atoms. The maximum absolute atomic E-state index is 6.21. The van der Waals surface area contributed by atoms with Crippen LogP contribution in [0.15, 0.2) is 28.9 Å². The zero-order valence-electron chi connectivity index (χ0n) is 12.2. The number of halogens is 2. The van der Waals surface area contributed by atoms with Gasteiger partial charge in [0.05, 0.1) is 24.2 Å². The molecule has 3 aromatic rings. The second-order valence-electron chi connectivity index (χ2n) is 5.50. The number of furan rings is 1. The quantitative estimate of drug-likeness (QED) is 0.777. The molecule has 4 rings (SSSR count). The number of hydrogen-bond acceptors (Lipinski definition) is 5. The molecule has 2 aromatic heterocycles. The van der Waals surface area contributed by atoms with Crippen LogP contribution in [-0.4, -0.2) is 27.9 Å². The molecule has 6 nitrogen and oxygen atoms in total.